The van der Waals surface area contributed by atoms with E-state index >= 15 is 0 Å². The molecule has 2 heterocycles. The first-order valence-electron chi connectivity index (χ1n) is 9.96. The van der Waals surface area contributed by atoms with Gasteiger partial charge in [0.1, 0.15) is 5.75 Å². The molecule has 0 saturated carbocycles. The molecule has 4 nitrogen and oxygen atoms in total. The summed E-state index contributed by atoms with van der Waals surface area (Å²) in [5, 5.41) is 0. The zero-order valence-corrected chi connectivity index (χ0v) is 16.0. The highest BCUT2D eigenvalue weighted by Crippen LogP contribution is 2.32. The lowest BCUT2D eigenvalue weighted by atomic mass is 9.98. The quantitative estimate of drug-likeness (QED) is 0.827. The maximum Gasteiger partial charge on any atom is 0.253 e. The lowest BCUT2D eigenvalue weighted by molar-refractivity contribution is 0.0773. The van der Waals surface area contributed by atoms with E-state index in [4.69, 9.17) is 4.74 Å². The number of hydrogen-bond acceptors (Lipinski definition) is 3. The summed E-state index contributed by atoms with van der Waals surface area (Å²) in [5.41, 5.74) is 2.11. The fourth-order valence-electron chi connectivity index (χ4n) is 4.53. The number of rotatable bonds is 4. The highest BCUT2D eigenvalue weighted by atomic mass is 16.5. The molecule has 2 aromatic carbocycles. The molecule has 0 radical (unpaired) electrons. The highest BCUT2D eigenvalue weighted by Gasteiger charge is 2.39. The van der Waals surface area contributed by atoms with Crippen molar-refractivity contribution < 1.29 is 9.53 Å². The third kappa shape index (κ3) is 4.01. The van der Waals surface area contributed by atoms with Gasteiger partial charge in [-0.05, 0) is 55.1 Å². The molecule has 1 amide bonds. The van der Waals surface area contributed by atoms with Crippen LogP contribution in [0.15, 0.2) is 54.6 Å². The predicted octanol–water partition coefficient (Wildman–Crippen LogP) is 3.82. The van der Waals surface area contributed by atoms with E-state index in [0.29, 0.717) is 12.0 Å². The first-order valence-corrected chi connectivity index (χ1v) is 9.96. The highest BCUT2D eigenvalue weighted by molar-refractivity contribution is 5.94. The number of carbonyl (C=O) groups excluding carboxylic acids is 1. The summed E-state index contributed by atoms with van der Waals surface area (Å²) in [6.45, 7) is 3.78. The zero-order valence-electron chi connectivity index (χ0n) is 16.0. The maximum atomic E-state index is 12.9. The Morgan fingerprint density at radius 3 is 2.56 bits per heavy atom. The molecule has 0 aromatic heterocycles. The maximum absolute atomic E-state index is 12.9. The van der Waals surface area contributed by atoms with Crippen molar-refractivity contribution in [1.29, 1.82) is 0 Å². The van der Waals surface area contributed by atoms with Gasteiger partial charge < -0.3 is 9.64 Å². The summed E-state index contributed by atoms with van der Waals surface area (Å²) in [6.07, 6.45) is 3.73. The number of fused-ring (bicyclic) bond motifs is 1. The predicted molar refractivity (Wildman–Crippen MR) is 107 cm³/mol. The van der Waals surface area contributed by atoms with E-state index in [1.54, 1.807) is 7.11 Å². The second-order valence-corrected chi connectivity index (χ2v) is 7.72. The van der Waals surface area contributed by atoms with Crippen LogP contribution in [0, 0.1) is 5.92 Å². The Hall–Kier alpha value is -2.33. The topological polar surface area (TPSA) is 32.8 Å². The first-order chi connectivity index (χ1) is 13.2. The Labute approximate surface area is 161 Å². The van der Waals surface area contributed by atoms with Gasteiger partial charge in [0.15, 0.2) is 0 Å². The molecule has 2 aliphatic heterocycles. The molecule has 2 saturated heterocycles. The van der Waals surface area contributed by atoms with Gasteiger partial charge in [-0.15, -0.1) is 0 Å². The van der Waals surface area contributed by atoms with Crippen LogP contribution in [0.1, 0.15) is 35.2 Å². The second-order valence-electron chi connectivity index (χ2n) is 7.72. The molecule has 2 fully saturated rings. The van der Waals surface area contributed by atoms with E-state index in [1.807, 2.05) is 42.5 Å². The Kier molecular flexibility index (Phi) is 5.44. The summed E-state index contributed by atoms with van der Waals surface area (Å²) < 4.78 is 5.27. The molecule has 2 atom stereocenters. The number of benzene rings is 2. The van der Waals surface area contributed by atoms with Crippen LogP contribution >= 0.6 is 0 Å². The number of nitrogens with zero attached hydrogens (tertiary/aromatic N) is 2. The molecule has 27 heavy (non-hydrogen) atoms. The number of ether oxygens (including phenoxy) is 1. The van der Waals surface area contributed by atoms with E-state index in [2.05, 4.69) is 21.9 Å². The summed E-state index contributed by atoms with van der Waals surface area (Å²) in [5.74, 6) is 1.65. The number of methoxy groups -OCH3 is 1. The molecule has 2 aliphatic rings. The molecule has 4 heteroatoms. The van der Waals surface area contributed by atoms with Crippen molar-refractivity contribution >= 4 is 5.91 Å². The SMILES string of the molecule is COc1ccc(CN2CCCC[C@H]3CN(C(=O)c4ccccc4)C[C@H]32)cc1. The minimum Gasteiger partial charge on any atom is -0.497 e. The molecular formula is C23H28N2O2. The van der Waals surface area contributed by atoms with Crippen LogP contribution in [-0.4, -0.2) is 48.5 Å². The third-order valence-corrected chi connectivity index (χ3v) is 6.00. The normalized spacial score (nSPS) is 22.9. The number of amides is 1. The molecule has 0 N–H and O–H groups in total. The third-order valence-electron chi connectivity index (χ3n) is 6.00. The Balaban J connectivity index is 1.48. The Bertz CT molecular complexity index is 760. The van der Waals surface area contributed by atoms with E-state index in [1.165, 1.54) is 24.8 Å². The zero-order chi connectivity index (χ0) is 18.6. The fraction of sp³-hybridized carbons (Fsp3) is 0.435. The van der Waals surface area contributed by atoms with Crippen molar-refractivity contribution in [3.63, 3.8) is 0 Å². The number of carbonyl (C=O) groups is 1. The van der Waals surface area contributed by atoms with Crippen LogP contribution in [0.2, 0.25) is 0 Å². The molecule has 142 valence electrons. The monoisotopic (exact) mass is 364 g/mol. The number of likely N-dealkylation sites (tertiary alicyclic amines) is 2. The number of hydrogen-bond donors (Lipinski definition) is 0. The van der Waals surface area contributed by atoms with Crippen LogP contribution in [-0.2, 0) is 6.54 Å². The molecule has 0 unspecified atom stereocenters. The molecule has 0 aliphatic carbocycles. The summed E-state index contributed by atoms with van der Waals surface area (Å²) in [7, 11) is 1.70. The van der Waals surface area contributed by atoms with Crippen LogP contribution < -0.4 is 4.74 Å². The smallest absolute Gasteiger partial charge is 0.253 e. The van der Waals surface area contributed by atoms with Crippen LogP contribution in [0.5, 0.6) is 5.75 Å². The second kappa shape index (κ2) is 8.13. The van der Waals surface area contributed by atoms with Crippen LogP contribution in [0.25, 0.3) is 0 Å². The van der Waals surface area contributed by atoms with Crippen LogP contribution in [0.3, 0.4) is 0 Å². The lowest BCUT2D eigenvalue weighted by Crippen LogP contribution is -2.40. The Morgan fingerprint density at radius 2 is 1.81 bits per heavy atom. The average Bonchev–Trinajstić information content (AvgIpc) is 3.06. The van der Waals surface area contributed by atoms with Crippen molar-refractivity contribution in [2.24, 2.45) is 5.92 Å². The van der Waals surface area contributed by atoms with Gasteiger partial charge in [0.2, 0.25) is 0 Å². The standard InChI is InChI=1S/C23H28N2O2/c1-27-21-12-10-18(11-13-21)15-24-14-6-5-9-20-16-25(17-22(20)24)23(26)19-7-3-2-4-8-19/h2-4,7-8,10-13,20,22H,5-6,9,14-17H2,1H3/t20-,22+/m0/s1. The van der Waals surface area contributed by atoms with Crippen LogP contribution in [0.4, 0.5) is 0 Å². The van der Waals surface area contributed by atoms with Crippen molar-refractivity contribution in [2.45, 2.75) is 31.8 Å². The average molecular weight is 364 g/mol. The first kappa shape index (κ1) is 18.1. The minimum absolute atomic E-state index is 0.174. The van der Waals surface area contributed by atoms with Gasteiger partial charge in [-0.25, -0.2) is 0 Å². The van der Waals surface area contributed by atoms with E-state index < -0.39 is 0 Å². The molecule has 0 bridgehead atoms. The fourth-order valence-corrected chi connectivity index (χ4v) is 4.53. The summed E-state index contributed by atoms with van der Waals surface area (Å²) in [6, 6.07) is 18.5. The minimum atomic E-state index is 0.174. The Morgan fingerprint density at radius 1 is 1.04 bits per heavy atom. The summed E-state index contributed by atoms with van der Waals surface area (Å²) >= 11 is 0. The summed E-state index contributed by atoms with van der Waals surface area (Å²) in [4.78, 5) is 17.6. The van der Waals surface area contributed by atoms with Gasteiger partial charge in [0.25, 0.3) is 5.91 Å². The molecule has 0 spiro atoms. The van der Waals surface area contributed by atoms with E-state index in [-0.39, 0.29) is 5.91 Å². The van der Waals surface area contributed by atoms with Crippen molar-refractivity contribution in [3.05, 3.63) is 65.7 Å². The van der Waals surface area contributed by atoms with Gasteiger partial charge in [-0.3, -0.25) is 9.69 Å². The van der Waals surface area contributed by atoms with Gasteiger partial charge in [-0.2, -0.15) is 0 Å². The van der Waals surface area contributed by atoms with Gasteiger partial charge >= 0.3 is 0 Å². The van der Waals surface area contributed by atoms with E-state index in [9.17, 15) is 4.79 Å². The van der Waals surface area contributed by atoms with Gasteiger partial charge in [0, 0.05) is 31.2 Å². The van der Waals surface area contributed by atoms with Crippen molar-refractivity contribution in [2.75, 3.05) is 26.7 Å². The van der Waals surface area contributed by atoms with Crippen molar-refractivity contribution in [3.8, 4) is 5.75 Å². The lowest BCUT2D eigenvalue weighted by Gasteiger charge is -2.30. The largest absolute Gasteiger partial charge is 0.497 e. The molecule has 4 rings (SSSR count). The van der Waals surface area contributed by atoms with E-state index in [0.717, 1.165) is 37.5 Å². The van der Waals surface area contributed by atoms with Gasteiger partial charge in [0.05, 0.1) is 7.11 Å². The van der Waals surface area contributed by atoms with Crippen molar-refractivity contribution in [1.82, 2.24) is 9.80 Å². The molecular weight excluding hydrogens is 336 g/mol. The molecule has 2 aromatic rings. The van der Waals surface area contributed by atoms with Gasteiger partial charge in [-0.1, -0.05) is 36.8 Å².